The van der Waals surface area contributed by atoms with Crippen LogP contribution in [0.25, 0.3) is 6.08 Å². The van der Waals surface area contributed by atoms with Crippen molar-refractivity contribution in [2.24, 2.45) is 0 Å². The fraction of sp³-hybridized carbons (Fsp3) is 0.125. The lowest BCUT2D eigenvalue weighted by atomic mass is 10.1. The maximum absolute atomic E-state index is 11.9. The van der Waals surface area contributed by atoms with Gasteiger partial charge in [0.2, 0.25) is 5.91 Å². The molecule has 0 aliphatic carbocycles. The van der Waals surface area contributed by atoms with Crippen molar-refractivity contribution in [1.82, 2.24) is 5.32 Å². The average Bonchev–Trinajstić information content (AvgIpc) is 2.74. The number of hydrogen-bond acceptors (Lipinski definition) is 3. The fourth-order valence-corrected chi connectivity index (χ4v) is 2.64. The Bertz CT molecular complexity index is 901. The van der Waals surface area contributed by atoms with E-state index in [4.69, 9.17) is 4.74 Å². The van der Waals surface area contributed by atoms with Crippen LogP contribution in [0.3, 0.4) is 0 Å². The van der Waals surface area contributed by atoms with Crippen molar-refractivity contribution in [3.63, 3.8) is 0 Å². The van der Waals surface area contributed by atoms with Gasteiger partial charge in [0.25, 0.3) is 0 Å². The van der Waals surface area contributed by atoms with Gasteiger partial charge in [0.15, 0.2) is 0 Å². The molecule has 2 N–H and O–H groups in total. The van der Waals surface area contributed by atoms with Crippen molar-refractivity contribution in [3.8, 4) is 11.5 Å². The van der Waals surface area contributed by atoms with Gasteiger partial charge < -0.3 is 15.2 Å². The van der Waals surface area contributed by atoms with Crippen LogP contribution in [0, 0.1) is 0 Å². The molecule has 4 heteroatoms. The van der Waals surface area contributed by atoms with E-state index >= 15 is 0 Å². The van der Waals surface area contributed by atoms with E-state index in [9.17, 15) is 9.90 Å². The summed E-state index contributed by atoms with van der Waals surface area (Å²) in [5.41, 5.74) is 3.12. The molecule has 3 aromatic carbocycles. The van der Waals surface area contributed by atoms with Crippen LogP contribution in [0.15, 0.2) is 84.9 Å². The molecule has 0 aromatic heterocycles. The van der Waals surface area contributed by atoms with Gasteiger partial charge in [0.1, 0.15) is 18.1 Å². The molecule has 0 atom stereocenters. The Labute approximate surface area is 165 Å². The second-order valence-electron chi connectivity index (χ2n) is 6.38. The number of phenols is 1. The third-order valence-electron chi connectivity index (χ3n) is 4.20. The molecule has 0 unspecified atom stereocenters. The summed E-state index contributed by atoms with van der Waals surface area (Å²) in [6, 6.07) is 24.6. The highest BCUT2D eigenvalue weighted by atomic mass is 16.5. The standard InChI is InChI=1S/C24H23NO3/c26-22-11-6-20(7-12-22)16-17-25-24(27)15-10-19-8-13-23(14-9-19)28-18-21-4-2-1-3-5-21/h1-15,26H,16-18H2,(H,25,27)/b15-10+. The summed E-state index contributed by atoms with van der Waals surface area (Å²) in [6.07, 6.45) is 4.01. The second-order valence-corrected chi connectivity index (χ2v) is 6.38. The molecule has 0 spiro atoms. The Morgan fingerprint density at radius 2 is 1.61 bits per heavy atom. The zero-order chi connectivity index (χ0) is 19.6. The molecule has 0 aliphatic heterocycles. The van der Waals surface area contributed by atoms with E-state index in [1.165, 1.54) is 6.08 Å². The van der Waals surface area contributed by atoms with Crippen LogP contribution >= 0.6 is 0 Å². The molecule has 3 aromatic rings. The number of carbonyl (C=O) groups excluding carboxylic acids is 1. The first-order valence-corrected chi connectivity index (χ1v) is 9.20. The van der Waals surface area contributed by atoms with Crippen LogP contribution in [0.1, 0.15) is 16.7 Å². The first kappa shape index (κ1) is 19.2. The number of carbonyl (C=O) groups is 1. The molecule has 0 aliphatic rings. The molecule has 0 bridgehead atoms. The van der Waals surface area contributed by atoms with Crippen LogP contribution in [0.2, 0.25) is 0 Å². The van der Waals surface area contributed by atoms with Crippen molar-refractivity contribution in [2.45, 2.75) is 13.0 Å². The zero-order valence-electron chi connectivity index (χ0n) is 15.5. The van der Waals surface area contributed by atoms with E-state index < -0.39 is 0 Å². The lowest BCUT2D eigenvalue weighted by molar-refractivity contribution is -0.116. The van der Waals surface area contributed by atoms with E-state index in [1.54, 1.807) is 18.2 Å². The van der Waals surface area contributed by atoms with Crippen LogP contribution in [-0.2, 0) is 17.8 Å². The smallest absolute Gasteiger partial charge is 0.244 e. The summed E-state index contributed by atoms with van der Waals surface area (Å²) in [7, 11) is 0. The number of benzene rings is 3. The maximum Gasteiger partial charge on any atom is 0.244 e. The van der Waals surface area contributed by atoms with Gasteiger partial charge in [-0.2, -0.15) is 0 Å². The van der Waals surface area contributed by atoms with E-state index in [1.807, 2.05) is 66.7 Å². The van der Waals surface area contributed by atoms with Crippen LogP contribution < -0.4 is 10.1 Å². The summed E-state index contributed by atoms with van der Waals surface area (Å²) in [5, 5.41) is 12.1. The molecular formula is C24H23NO3. The summed E-state index contributed by atoms with van der Waals surface area (Å²) in [6.45, 7) is 1.07. The predicted molar refractivity (Wildman–Crippen MR) is 111 cm³/mol. The van der Waals surface area contributed by atoms with Crippen LogP contribution in [-0.4, -0.2) is 17.6 Å². The summed E-state index contributed by atoms with van der Waals surface area (Å²) >= 11 is 0. The SMILES string of the molecule is O=C(/C=C/c1ccc(OCc2ccccc2)cc1)NCCc1ccc(O)cc1. The third-order valence-corrected chi connectivity index (χ3v) is 4.20. The Hall–Kier alpha value is -3.53. The normalized spacial score (nSPS) is 10.7. The first-order chi connectivity index (χ1) is 13.7. The maximum atomic E-state index is 11.9. The highest BCUT2D eigenvalue weighted by Gasteiger charge is 1.99. The third kappa shape index (κ3) is 6.32. The second kappa shape index (κ2) is 9.97. The fourth-order valence-electron chi connectivity index (χ4n) is 2.64. The van der Waals surface area contributed by atoms with Gasteiger partial charge in [-0.05, 0) is 53.5 Å². The Morgan fingerprint density at radius 1 is 0.893 bits per heavy atom. The molecule has 3 rings (SSSR count). The Morgan fingerprint density at radius 3 is 2.32 bits per heavy atom. The lowest BCUT2D eigenvalue weighted by Gasteiger charge is -2.06. The zero-order valence-corrected chi connectivity index (χ0v) is 15.5. The number of amides is 1. The molecule has 0 radical (unpaired) electrons. The molecule has 142 valence electrons. The highest BCUT2D eigenvalue weighted by molar-refractivity contribution is 5.91. The van der Waals surface area contributed by atoms with Crippen molar-refractivity contribution in [1.29, 1.82) is 0 Å². The predicted octanol–water partition coefficient (Wildman–Crippen LogP) is 4.34. The topological polar surface area (TPSA) is 58.6 Å². The highest BCUT2D eigenvalue weighted by Crippen LogP contribution is 2.15. The van der Waals surface area contributed by atoms with E-state index in [0.29, 0.717) is 19.6 Å². The van der Waals surface area contributed by atoms with Gasteiger partial charge in [-0.1, -0.05) is 54.6 Å². The van der Waals surface area contributed by atoms with Gasteiger partial charge >= 0.3 is 0 Å². The lowest BCUT2D eigenvalue weighted by Crippen LogP contribution is -2.23. The van der Waals surface area contributed by atoms with Gasteiger partial charge in [-0.25, -0.2) is 0 Å². The Kier molecular flexibility index (Phi) is 6.85. The van der Waals surface area contributed by atoms with Gasteiger partial charge in [-0.15, -0.1) is 0 Å². The number of hydrogen-bond donors (Lipinski definition) is 2. The van der Waals surface area contributed by atoms with Crippen LogP contribution in [0.4, 0.5) is 0 Å². The number of aromatic hydroxyl groups is 1. The average molecular weight is 373 g/mol. The van der Waals surface area contributed by atoms with Gasteiger partial charge in [0.05, 0.1) is 0 Å². The number of phenolic OH excluding ortho intramolecular Hbond substituents is 1. The minimum atomic E-state index is -0.136. The van der Waals surface area contributed by atoms with Gasteiger partial charge in [-0.3, -0.25) is 4.79 Å². The largest absolute Gasteiger partial charge is 0.508 e. The van der Waals surface area contributed by atoms with E-state index in [0.717, 1.165) is 22.4 Å². The molecule has 1 amide bonds. The van der Waals surface area contributed by atoms with Crippen molar-refractivity contribution in [3.05, 3.63) is 102 Å². The molecule has 0 heterocycles. The van der Waals surface area contributed by atoms with Crippen molar-refractivity contribution < 1.29 is 14.6 Å². The quantitative estimate of drug-likeness (QED) is 0.578. The molecule has 0 saturated carbocycles. The molecule has 4 nitrogen and oxygen atoms in total. The minimum absolute atomic E-state index is 0.136. The van der Waals surface area contributed by atoms with Crippen molar-refractivity contribution in [2.75, 3.05) is 6.54 Å². The number of rotatable bonds is 8. The van der Waals surface area contributed by atoms with E-state index in [-0.39, 0.29) is 11.7 Å². The minimum Gasteiger partial charge on any atom is -0.508 e. The number of nitrogens with one attached hydrogen (secondary N) is 1. The van der Waals surface area contributed by atoms with E-state index in [2.05, 4.69) is 5.32 Å². The molecule has 28 heavy (non-hydrogen) atoms. The monoisotopic (exact) mass is 373 g/mol. The summed E-state index contributed by atoms with van der Waals surface area (Å²) < 4.78 is 5.76. The first-order valence-electron chi connectivity index (χ1n) is 9.20. The molecule has 0 saturated heterocycles. The summed E-state index contributed by atoms with van der Waals surface area (Å²) in [5.74, 6) is 0.898. The molecular weight excluding hydrogens is 350 g/mol. The van der Waals surface area contributed by atoms with Gasteiger partial charge in [0, 0.05) is 12.6 Å². The number of ether oxygens (including phenoxy) is 1. The summed E-state index contributed by atoms with van der Waals surface area (Å²) in [4.78, 5) is 11.9. The van der Waals surface area contributed by atoms with Crippen LogP contribution in [0.5, 0.6) is 11.5 Å². The molecule has 0 fully saturated rings. The Balaban J connectivity index is 1.41. The van der Waals surface area contributed by atoms with Crippen molar-refractivity contribution >= 4 is 12.0 Å².